The summed E-state index contributed by atoms with van der Waals surface area (Å²) < 4.78 is 11.4. The number of aromatic nitrogens is 2. The molecule has 2 amide bonds. The highest BCUT2D eigenvalue weighted by Gasteiger charge is 2.51. The molecule has 2 aromatic heterocycles. The number of nitrogens with zero attached hydrogens (tertiary/aromatic N) is 4. The van der Waals surface area contributed by atoms with E-state index in [1.165, 1.54) is 11.1 Å². The number of likely N-dealkylation sites (tertiary alicyclic amines) is 1. The second-order valence-corrected chi connectivity index (χ2v) is 17.9. The normalized spacial score (nSPS) is 26.4. The second-order valence-electron chi connectivity index (χ2n) is 16.9. The fraction of sp³-hybridized carbons (Fsp3) is 0.610. The Bertz CT molecular complexity index is 1710. The van der Waals surface area contributed by atoms with Crippen molar-refractivity contribution in [3.8, 4) is 16.2 Å². The monoisotopic (exact) mass is 714 g/mol. The Kier molecular flexibility index (Phi) is 9.95. The van der Waals surface area contributed by atoms with Crippen LogP contribution in [0, 0.1) is 24.2 Å². The molecule has 1 saturated heterocycles. The van der Waals surface area contributed by atoms with E-state index < -0.39 is 0 Å². The number of aryl methyl sites for hydroxylation is 1. The first-order chi connectivity index (χ1) is 24.4. The number of hydrogen-bond acceptors (Lipinski definition) is 8. The lowest BCUT2D eigenvalue weighted by Gasteiger charge is -2.55. The maximum absolute atomic E-state index is 14.7. The van der Waals surface area contributed by atoms with E-state index in [9.17, 15) is 14.7 Å². The molecule has 1 aliphatic heterocycles. The van der Waals surface area contributed by atoms with Gasteiger partial charge in [0.2, 0.25) is 5.91 Å². The largest absolute Gasteiger partial charge is 0.496 e. The Morgan fingerprint density at radius 3 is 2.31 bits per heavy atom. The fourth-order valence-electron chi connectivity index (χ4n) is 8.92. The van der Waals surface area contributed by atoms with Crippen molar-refractivity contribution >= 4 is 29.2 Å². The van der Waals surface area contributed by atoms with Crippen LogP contribution in [-0.2, 0) is 20.4 Å². The van der Waals surface area contributed by atoms with Crippen molar-refractivity contribution in [2.45, 2.75) is 109 Å². The van der Waals surface area contributed by atoms with Gasteiger partial charge in [-0.1, -0.05) is 32.9 Å². The van der Waals surface area contributed by atoms with Crippen LogP contribution in [0.5, 0.6) is 5.75 Å². The standard InChI is InChI=1S/C41H54N4O5S/c1-27-20-31(8-11-33(27)49-5)41-16-13-40(14-17-41,15-18-41)26-45(35-21-30(12-19-42-35)34-22-43-37(51-34)39(2,3)4)36(47)29-6-9-32(10-7-29)50-38(48)44-23-28(24-44)25-46/h8,11-12,19-22,28-29,32,46H,6-7,9-10,13-18,23-26H2,1-5H3/t29-,32-,40?,41?. The first-order valence-corrected chi connectivity index (χ1v) is 19.7. The zero-order chi connectivity index (χ0) is 36.0. The lowest BCUT2D eigenvalue weighted by atomic mass is 9.51. The van der Waals surface area contributed by atoms with Gasteiger partial charge in [-0.25, -0.2) is 14.8 Å². The van der Waals surface area contributed by atoms with Gasteiger partial charge in [-0.15, -0.1) is 11.3 Å². The van der Waals surface area contributed by atoms with Gasteiger partial charge in [0, 0.05) is 55.9 Å². The molecule has 0 atom stereocenters. The number of carbonyl (C=O) groups is 2. The Morgan fingerprint density at radius 1 is 1.00 bits per heavy atom. The lowest BCUT2D eigenvalue weighted by molar-refractivity contribution is -0.124. The Balaban J connectivity index is 1.09. The van der Waals surface area contributed by atoms with Gasteiger partial charge in [0.25, 0.3) is 0 Å². The molecule has 10 heteroatoms. The summed E-state index contributed by atoms with van der Waals surface area (Å²) in [5.74, 6) is 1.80. The predicted molar refractivity (Wildman–Crippen MR) is 200 cm³/mol. The van der Waals surface area contributed by atoms with Crippen LogP contribution < -0.4 is 9.64 Å². The summed E-state index contributed by atoms with van der Waals surface area (Å²) in [5, 5.41) is 10.4. The molecule has 2 bridgehead atoms. The van der Waals surface area contributed by atoms with Gasteiger partial charge in [-0.2, -0.15) is 0 Å². The first-order valence-electron chi connectivity index (χ1n) is 18.9. The Hall–Kier alpha value is -3.50. The van der Waals surface area contributed by atoms with Crippen LogP contribution in [0.2, 0.25) is 0 Å². The number of aliphatic hydroxyl groups excluding tert-OH is 1. The van der Waals surface area contributed by atoms with Crippen molar-refractivity contribution in [1.29, 1.82) is 0 Å². The van der Waals surface area contributed by atoms with Crippen molar-refractivity contribution < 1.29 is 24.2 Å². The minimum Gasteiger partial charge on any atom is -0.496 e. The van der Waals surface area contributed by atoms with Gasteiger partial charge >= 0.3 is 6.09 Å². The molecule has 9 nitrogen and oxygen atoms in total. The van der Waals surface area contributed by atoms with E-state index in [-0.39, 0.29) is 52.8 Å². The van der Waals surface area contributed by atoms with E-state index in [1.807, 2.05) is 23.4 Å². The van der Waals surface area contributed by atoms with E-state index in [1.54, 1.807) is 23.3 Å². The highest BCUT2D eigenvalue weighted by molar-refractivity contribution is 7.15. The van der Waals surface area contributed by atoms with Crippen LogP contribution in [0.1, 0.15) is 101 Å². The summed E-state index contributed by atoms with van der Waals surface area (Å²) >= 11 is 1.70. The van der Waals surface area contributed by atoms with E-state index in [2.05, 4.69) is 52.0 Å². The number of fused-ring (bicyclic) bond motifs is 3. The van der Waals surface area contributed by atoms with Crippen molar-refractivity contribution in [1.82, 2.24) is 14.9 Å². The van der Waals surface area contributed by atoms with Gasteiger partial charge in [-0.05, 0) is 117 Å². The van der Waals surface area contributed by atoms with Crippen LogP contribution in [0.4, 0.5) is 10.6 Å². The van der Waals surface area contributed by atoms with E-state index in [0.717, 1.165) is 65.5 Å². The number of thiazole rings is 1. The SMILES string of the molecule is COc1ccc(C23CCC(CN(c4cc(-c5cnc(C(C)(C)C)s5)ccn4)C(=O)[C@H]4CC[C@H](OC(=O)N5CC(CO)C5)CC4)(CC2)CC3)cc1C. The number of carbonyl (C=O) groups excluding carboxylic acids is 2. The quantitative estimate of drug-likeness (QED) is 0.239. The highest BCUT2D eigenvalue weighted by atomic mass is 32.1. The van der Waals surface area contributed by atoms with Gasteiger partial charge in [-0.3, -0.25) is 9.69 Å². The Labute approximate surface area is 306 Å². The number of rotatable bonds is 9. The van der Waals surface area contributed by atoms with Crippen molar-refractivity contribution in [2.75, 3.05) is 38.3 Å². The maximum atomic E-state index is 14.7. The van der Waals surface area contributed by atoms with Crippen LogP contribution in [0.3, 0.4) is 0 Å². The molecule has 5 aliphatic rings. The smallest absolute Gasteiger partial charge is 0.410 e. The second kappa shape index (κ2) is 14.1. The molecule has 0 radical (unpaired) electrons. The van der Waals surface area contributed by atoms with Crippen LogP contribution in [0.25, 0.3) is 10.4 Å². The predicted octanol–water partition coefficient (Wildman–Crippen LogP) is 8.06. The molecule has 8 rings (SSSR count). The highest BCUT2D eigenvalue weighted by Crippen LogP contribution is 2.58. The minimum atomic E-state index is -0.302. The zero-order valence-electron chi connectivity index (χ0n) is 31.0. The Morgan fingerprint density at radius 2 is 1.71 bits per heavy atom. The molecule has 4 saturated carbocycles. The fourth-order valence-corrected chi connectivity index (χ4v) is 9.89. The summed E-state index contributed by atoms with van der Waals surface area (Å²) in [6, 6.07) is 10.8. The molecule has 1 N–H and O–H groups in total. The minimum absolute atomic E-state index is 0.0358. The summed E-state index contributed by atoms with van der Waals surface area (Å²) in [7, 11) is 1.73. The molecule has 274 valence electrons. The zero-order valence-corrected chi connectivity index (χ0v) is 31.8. The summed E-state index contributed by atoms with van der Waals surface area (Å²) in [4.78, 5) is 41.7. The molecule has 3 aromatic rings. The van der Waals surface area contributed by atoms with E-state index >= 15 is 0 Å². The van der Waals surface area contributed by atoms with E-state index in [4.69, 9.17) is 19.4 Å². The topological polar surface area (TPSA) is 105 Å². The third-order valence-electron chi connectivity index (χ3n) is 12.4. The van der Waals surface area contributed by atoms with E-state index in [0.29, 0.717) is 45.3 Å². The lowest BCUT2D eigenvalue weighted by Crippen LogP contribution is -2.52. The van der Waals surface area contributed by atoms with Crippen molar-refractivity contribution in [3.63, 3.8) is 0 Å². The number of hydrogen-bond donors (Lipinski definition) is 1. The molecule has 4 aliphatic carbocycles. The number of aliphatic hydroxyl groups is 1. The summed E-state index contributed by atoms with van der Waals surface area (Å²) in [6.45, 7) is 10.5. The molecular formula is C41H54N4O5S. The van der Waals surface area contributed by atoms with Crippen LogP contribution in [-0.4, -0.2) is 71.4 Å². The summed E-state index contributed by atoms with van der Waals surface area (Å²) in [5.41, 5.74) is 3.85. The van der Waals surface area contributed by atoms with Crippen molar-refractivity contribution in [3.05, 3.63) is 58.9 Å². The third kappa shape index (κ3) is 7.28. The molecular weight excluding hydrogens is 661 g/mol. The number of amides is 2. The van der Waals surface area contributed by atoms with Gasteiger partial charge < -0.3 is 19.5 Å². The molecule has 5 fully saturated rings. The molecule has 0 unspecified atom stereocenters. The van der Waals surface area contributed by atoms with Crippen molar-refractivity contribution in [2.24, 2.45) is 17.3 Å². The molecule has 3 heterocycles. The van der Waals surface area contributed by atoms with Crippen LogP contribution in [0.15, 0.2) is 42.7 Å². The average Bonchev–Trinajstić information content (AvgIpc) is 3.63. The molecule has 51 heavy (non-hydrogen) atoms. The average molecular weight is 715 g/mol. The number of benzene rings is 1. The third-order valence-corrected chi connectivity index (χ3v) is 13.9. The summed E-state index contributed by atoms with van der Waals surface area (Å²) in [6.07, 6.45) is 12.6. The van der Waals surface area contributed by atoms with Crippen LogP contribution >= 0.6 is 11.3 Å². The number of anilines is 1. The van der Waals surface area contributed by atoms with Gasteiger partial charge in [0.05, 0.1) is 17.0 Å². The van der Waals surface area contributed by atoms with Gasteiger partial charge in [0.15, 0.2) is 0 Å². The number of pyridine rings is 1. The number of methoxy groups -OCH3 is 1. The first kappa shape index (κ1) is 35.9. The maximum Gasteiger partial charge on any atom is 0.410 e. The number of ether oxygens (including phenoxy) is 2. The van der Waals surface area contributed by atoms with Gasteiger partial charge in [0.1, 0.15) is 17.7 Å². The molecule has 1 aromatic carbocycles. The molecule has 0 spiro atoms.